The number of carbonyl (C=O) groups excluding carboxylic acids is 2. The second-order valence-corrected chi connectivity index (χ2v) is 25.2. The Bertz CT molecular complexity index is 1770. The van der Waals surface area contributed by atoms with Gasteiger partial charge in [0, 0.05) is 12.8 Å². The Morgan fingerprint density at radius 1 is 0.451 bits per heavy atom. The van der Waals surface area contributed by atoms with Gasteiger partial charge in [-0.1, -0.05) is 297 Å². The molecule has 0 aliphatic carbocycles. The van der Waals surface area contributed by atoms with Crippen LogP contribution in [-0.2, 0) is 27.9 Å². The number of phosphoric acid groups is 1. The number of carbonyl (C=O) groups is 2. The predicted molar refractivity (Wildman–Crippen MR) is 353 cm³/mol. The van der Waals surface area contributed by atoms with Crippen molar-refractivity contribution in [1.29, 1.82) is 0 Å². The maximum atomic E-state index is 13.5. The Morgan fingerprint density at radius 2 is 0.829 bits per heavy atom. The van der Waals surface area contributed by atoms with Crippen LogP contribution in [0.25, 0.3) is 0 Å². The molecule has 0 aliphatic rings. The number of esters is 1. The highest BCUT2D eigenvalue weighted by Crippen LogP contribution is 2.38. The number of unbranched alkanes of at least 4 members (excludes halogenated alkanes) is 33. The van der Waals surface area contributed by atoms with E-state index < -0.39 is 26.6 Å². The minimum absolute atomic E-state index is 0.0359. The Morgan fingerprint density at radius 3 is 1.30 bits per heavy atom. The third kappa shape index (κ3) is 61.2. The molecule has 0 saturated carbocycles. The first-order valence-electron chi connectivity index (χ1n) is 33.8. The molecule has 0 radical (unpaired) electrons. The van der Waals surface area contributed by atoms with Gasteiger partial charge >= 0.3 is 5.97 Å². The molecule has 0 spiro atoms. The van der Waals surface area contributed by atoms with Gasteiger partial charge in [-0.2, -0.15) is 0 Å². The lowest BCUT2D eigenvalue weighted by molar-refractivity contribution is -0.870. The van der Waals surface area contributed by atoms with Crippen LogP contribution in [0.3, 0.4) is 0 Å². The summed E-state index contributed by atoms with van der Waals surface area (Å²) >= 11 is 0. The average Bonchev–Trinajstić information content (AvgIpc) is 3.44. The van der Waals surface area contributed by atoms with E-state index >= 15 is 0 Å². The van der Waals surface area contributed by atoms with Gasteiger partial charge in [-0.3, -0.25) is 14.2 Å². The van der Waals surface area contributed by atoms with Crippen LogP contribution in [0.1, 0.15) is 284 Å². The first-order valence-corrected chi connectivity index (χ1v) is 35.2. The lowest BCUT2D eigenvalue weighted by Crippen LogP contribution is -2.47. The third-order valence-electron chi connectivity index (χ3n) is 14.6. The monoisotopic (exact) mass is 1160 g/mol. The van der Waals surface area contributed by atoms with E-state index in [0.29, 0.717) is 17.4 Å². The summed E-state index contributed by atoms with van der Waals surface area (Å²) < 4.78 is 30.3. The first kappa shape index (κ1) is 78.7. The molecule has 0 aromatic carbocycles. The lowest BCUT2D eigenvalue weighted by Gasteiger charge is -2.30. The summed E-state index contributed by atoms with van der Waals surface area (Å²) in [6.45, 7) is 6.64. The van der Waals surface area contributed by atoms with Gasteiger partial charge in [-0.15, -0.1) is 0 Å². The zero-order valence-corrected chi connectivity index (χ0v) is 54.8. The molecular formula is C72H127N2O7P. The maximum absolute atomic E-state index is 13.5. The molecule has 1 amide bonds. The van der Waals surface area contributed by atoms with Crippen LogP contribution >= 0.6 is 7.82 Å². The van der Waals surface area contributed by atoms with E-state index in [0.717, 1.165) is 70.6 Å². The molecule has 0 fully saturated rings. The highest BCUT2D eigenvalue weighted by molar-refractivity contribution is 7.45. The topological polar surface area (TPSA) is 114 Å². The van der Waals surface area contributed by atoms with E-state index in [1.807, 2.05) is 94.1 Å². The van der Waals surface area contributed by atoms with Crippen LogP contribution < -0.4 is 10.2 Å². The molecule has 0 heterocycles. The van der Waals surface area contributed by atoms with Crippen molar-refractivity contribution in [3.63, 3.8) is 0 Å². The number of amides is 1. The summed E-state index contributed by atoms with van der Waals surface area (Å²) in [6, 6.07) is -0.918. The fourth-order valence-corrected chi connectivity index (χ4v) is 10.1. The Hall–Kier alpha value is -3.33. The SMILES string of the molecule is CC\C=C/C=C/C=C/C=C\C=C\C=C\CCCCCC(=O)NC(COP(=O)([O-])OCC[N+](C)(C)C)C(/C=C\CCCCCCCCCCCC)OC(=O)CCCCCCCCCCCCCCCCCCC/C=C\C/C=C\CCCCC. The maximum Gasteiger partial charge on any atom is 0.306 e. The van der Waals surface area contributed by atoms with Gasteiger partial charge in [0.15, 0.2) is 0 Å². The molecule has 0 bridgehead atoms. The number of nitrogens with one attached hydrogen (secondary N) is 1. The standard InChI is InChI=1S/C72H127N2O7P/c1-7-10-13-16-19-22-25-28-30-32-33-34-35-36-37-38-39-40-41-43-45-47-50-53-56-59-62-65-72(76)81-70(63-60-57-54-51-48-27-24-21-18-15-12-9-3)69(68-80-82(77,78)79-67-66-74(4,5)6)73-71(75)64-61-58-55-52-49-46-44-42-31-29-26-23-20-17-14-11-8-2/h11,14,17,19-20,22-23,26,28-31,42,44,46,49,60,63,69-70H,7-10,12-13,15-16,18,21,24-25,27,32-41,43,45,47-48,50-59,61-62,64-68H2,1-6H3,(H-,73,75,77,78)/b14-11-,20-17+,22-19-,26-23+,30-28-,31-29-,44-42+,49-46+,63-60-. The van der Waals surface area contributed by atoms with E-state index in [-0.39, 0.29) is 31.3 Å². The summed E-state index contributed by atoms with van der Waals surface area (Å²) in [4.78, 5) is 40.1. The van der Waals surface area contributed by atoms with E-state index in [2.05, 4.69) is 62.5 Å². The Labute approximate surface area is 506 Å². The quantitative estimate of drug-likeness (QED) is 0.0161. The van der Waals surface area contributed by atoms with Crippen molar-refractivity contribution in [2.75, 3.05) is 40.9 Å². The Kier molecular flexibility index (Phi) is 58.3. The minimum Gasteiger partial charge on any atom is -0.756 e. The van der Waals surface area contributed by atoms with Crippen LogP contribution in [0.4, 0.5) is 0 Å². The molecule has 0 saturated heterocycles. The number of quaternary nitrogens is 1. The zero-order chi connectivity index (χ0) is 60.0. The number of likely N-dealkylation sites (N-methyl/N-ethyl adjacent to an activating group) is 1. The molecule has 3 atom stereocenters. The van der Waals surface area contributed by atoms with Gasteiger partial charge in [0.2, 0.25) is 5.91 Å². The van der Waals surface area contributed by atoms with Gasteiger partial charge in [0.25, 0.3) is 7.82 Å². The van der Waals surface area contributed by atoms with Crippen molar-refractivity contribution < 1.29 is 37.3 Å². The molecule has 0 rings (SSSR count). The largest absolute Gasteiger partial charge is 0.756 e. The number of allylic oxidation sites excluding steroid dienone is 17. The van der Waals surface area contributed by atoms with E-state index in [4.69, 9.17) is 13.8 Å². The molecule has 1 N–H and O–H groups in total. The zero-order valence-electron chi connectivity index (χ0n) is 53.9. The number of ether oxygens (including phenoxy) is 1. The van der Waals surface area contributed by atoms with Crippen molar-refractivity contribution >= 4 is 19.7 Å². The van der Waals surface area contributed by atoms with Gasteiger partial charge in [-0.25, -0.2) is 0 Å². The highest BCUT2D eigenvalue weighted by atomic mass is 31.2. The molecule has 0 aliphatic heterocycles. The number of hydrogen-bond acceptors (Lipinski definition) is 7. The average molecular weight is 1160 g/mol. The van der Waals surface area contributed by atoms with Crippen LogP contribution in [0.2, 0.25) is 0 Å². The molecule has 472 valence electrons. The smallest absolute Gasteiger partial charge is 0.306 e. The van der Waals surface area contributed by atoms with Gasteiger partial charge in [-0.05, 0) is 83.1 Å². The van der Waals surface area contributed by atoms with Crippen LogP contribution in [0, 0.1) is 0 Å². The predicted octanol–water partition coefficient (Wildman–Crippen LogP) is 20.7. The second kappa shape index (κ2) is 60.8. The van der Waals surface area contributed by atoms with Crippen molar-refractivity contribution in [2.45, 2.75) is 296 Å². The van der Waals surface area contributed by atoms with Gasteiger partial charge in [0.1, 0.15) is 19.3 Å². The number of nitrogens with zero attached hydrogens (tertiary/aromatic N) is 1. The highest BCUT2D eigenvalue weighted by Gasteiger charge is 2.27. The van der Waals surface area contributed by atoms with Crippen molar-refractivity contribution in [3.8, 4) is 0 Å². The molecule has 3 unspecified atom stereocenters. The second-order valence-electron chi connectivity index (χ2n) is 23.7. The summed E-state index contributed by atoms with van der Waals surface area (Å²) in [6.07, 6.45) is 83.6. The number of hydrogen-bond donors (Lipinski definition) is 1. The fourth-order valence-electron chi connectivity index (χ4n) is 9.41. The molecule has 0 aromatic rings. The van der Waals surface area contributed by atoms with E-state index in [9.17, 15) is 19.0 Å². The van der Waals surface area contributed by atoms with Gasteiger partial charge < -0.3 is 28.5 Å². The van der Waals surface area contributed by atoms with Crippen LogP contribution in [0.15, 0.2) is 109 Å². The van der Waals surface area contributed by atoms with Gasteiger partial charge in [0.05, 0.1) is 33.8 Å². The summed E-state index contributed by atoms with van der Waals surface area (Å²) in [7, 11) is 1.14. The van der Waals surface area contributed by atoms with Crippen LogP contribution in [0.5, 0.6) is 0 Å². The van der Waals surface area contributed by atoms with Crippen molar-refractivity contribution in [1.82, 2.24) is 5.32 Å². The van der Waals surface area contributed by atoms with E-state index in [1.54, 1.807) is 0 Å². The minimum atomic E-state index is -4.72. The normalized spacial score (nSPS) is 14.3. The third-order valence-corrected chi connectivity index (χ3v) is 15.6. The molecular weight excluding hydrogens is 1040 g/mol. The van der Waals surface area contributed by atoms with Crippen LogP contribution in [-0.4, -0.2) is 69.4 Å². The van der Waals surface area contributed by atoms with Crippen molar-refractivity contribution in [2.24, 2.45) is 0 Å². The molecule has 82 heavy (non-hydrogen) atoms. The first-order chi connectivity index (χ1) is 39.9. The molecule has 10 heteroatoms. The molecule has 0 aromatic heterocycles. The summed E-state index contributed by atoms with van der Waals surface area (Å²) in [5.41, 5.74) is 0. The Balaban J connectivity index is 5.11. The van der Waals surface area contributed by atoms with E-state index in [1.165, 1.54) is 173 Å². The number of rotatable bonds is 60. The lowest BCUT2D eigenvalue weighted by atomic mass is 10.0. The van der Waals surface area contributed by atoms with Crippen molar-refractivity contribution in [3.05, 3.63) is 109 Å². The molecule has 9 nitrogen and oxygen atoms in total. The number of phosphoric ester groups is 1. The summed E-state index contributed by atoms with van der Waals surface area (Å²) in [5.74, 6) is -0.591. The fraction of sp³-hybridized carbons (Fsp3) is 0.722. The summed E-state index contributed by atoms with van der Waals surface area (Å²) in [5, 5.41) is 3.01.